The highest BCUT2D eigenvalue weighted by atomic mass is 35.5. The number of hydrogen-bond acceptors (Lipinski definition) is 5. The Morgan fingerprint density at radius 1 is 1.17 bits per heavy atom. The third kappa shape index (κ3) is 5.24. The maximum atomic E-state index is 11.9. The molecule has 0 aromatic carbocycles. The standard InChI is InChI=1S/C16H28ClN3O3/c1-3-23-16(21)20-9-4-5-14(8-12-20)19-10-6-13(7-11-19)15(17)18-22-2/h13-14H,3-12H2,1-2H3. The molecule has 2 fully saturated rings. The van der Waals surface area contributed by atoms with Crippen LogP contribution in [0, 0.1) is 5.92 Å². The lowest BCUT2D eigenvalue weighted by Gasteiger charge is -2.36. The minimum Gasteiger partial charge on any atom is -0.450 e. The Hall–Kier alpha value is -1.01. The highest BCUT2D eigenvalue weighted by Crippen LogP contribution is 2.26. The van der Waals surface area contributed by atoms with Crippen LogP contribution in [-0.2, 0) is 9.57 Å². The van der Waals surface area contributed by atoms with Gasteiger partial charge in [-0.2, -0.15) is 0 Å². The van der Waals surface area contributed by atoms with Crippen LogP contribution in [0.5, 0.6) is 0 Å². The van der Waals surface area contributed by atoms with Gasteiger partial charge in [-0.05, 0) is 52.1 Å². The number of hydrogen-bond donors (Lipinski definition) is 0. The molecule has 2 aliphatic rings. The van der Waals surface area contributed by atoms with Gasteiger partial charge in [0.25, 0.3) is 0 Å². The van der Waals surface area contributed by atoms with E-state index in [1.54, 1.807) is 0 Å². The van der Waals surface area contributed by atoms with E-state index in [2.05, 4.69) is 10.1 Å². The molecule has 0 radical (unpaired) electrons. The normalized spacial score (nSPS) is 25.1. The van der Waals surface area contributed by atoms with Crippen molar-refractivity contribution in [3.05, 3.63) is 0 Å². The van der Waals surface area contributed by atoms with Crippen LogP contribution in [0.2, 0.25) is 0 Å². The van der Waals surface area contributed by atoms with Crippen LogP contribution in [0.1, 0.15) is 39.0 Å². The van der Waals surface area contributed by atoms with E-state index in [0.717, 1.165) is 58.3 Å². The number of amides is 1. The molecule has 2 aliphatic heterocycles. The zero-order valence-electron chi connectivity index (χ0n) is 14.2. The smallest absolute Gasteiger partial charge is 0.409 e. The van der Waals surface area contributed by atoms with Gasteiger partial charge in [-0.25, -0.2) is 4.79 Å². The van der Waals surface area contributed by atoms with Gasteiger partial charge in [-0.15, -0.1) is 0 Å². The molecule has 1 unspecified atom stereocenters. The zero-order chi connectivity index (χ0) is 16.7. The topological polar surface area (TPSA) is 54.4 Å². The first-order valence-corrected chi connectivity index (χ1v) is 8.95. The Labute approximate surface area is 143 Å². The zero-order valence-corrected chi connectivity index (χ0v) is 14.9. The van der Waals surface area contributed by atoms with Gasteiger partial charge in [-0.3, -0.25) is 0 Å². The molecule has 0 N–H and O–H groups in total. The number of likely N-dealkylation sites (tertiary alicyclic amines) is 2. The van der Waals surface area contributed by atoms with E-state index in [9.17, 15) is 4.79 Å². The molecule has 0 bridgehead atoms. The van der Waals surface area contributed by atoms with Crippen molar-refractivity contribution in [1.82, 2.24) is 9.80 Å². The Kier molecular flexibility index (Phi) is 7.43. The summed E-state index contributed by atoms with van der Waals surface area (Å²) in [4.78, 5) is 21.0. The van der Waals surface area contributed by atoms with Crippen LogP contribution in [0.4, 0.5) is 4.79 Å². The third-order valence-corrected chi connectivity index (χ3v) is 5.16. The summed E-state index contributed by atoms with van der Waals surface area (Å²) in [6, 6.07) is 0.550. The predicted molar refractivity (Wildman–Crippen MR) is 90.8 cm³/mol. The fourth-order valence-corrected chi connectivity index (χ4v) is 3.79. The van der Waals surface area contributed by atoms with Crippen LogP contribution in [-0.4, -0.2) is 67.0 Å². The molecule has 23 heavy (non-hydrogen) atoms. The van der Waals surface area contributed by atoms with E-state index in [0.29, 0.717) is 23.7 Å². The first-order chi connectivity index (χ1) is 11.2. The fourth-order valence-electron chi connectivity index (χ4n) is 3.51. The molecule has 1 atom stereocenters. The molecule has 0 aromatic rings. The summed E-state index contributed by atoms with van der Waals surface area (Å²) in [6.07, 6.45) is 5.06. The van der Waals surface area contributed by atoms with E-state index < -0.39 is 0 Å². The van der Waals surface area contributed by atoms with E-state index in [4.69, 9.17) is 21.2 Å². The van der Waals surface area contributed by atoms with E-state index >= 15 is 0 Å². The summed E-state index contributed by atoms with van der Waals surface area (Å²) >= 11 is 6.15. The largest absolute Gasteiger partial charge is 0.450 e. The van der Waals surface area contributed by atoms with Crippen molar-refractivity contribution in [3.63, 3.8) is 0 Å². The lowest BCUT2D eigenvalue weighted by Crippen LogP contribution is -2.43. The second-order valence-electron chi connectivity index (χ2n) is 6.18. The Balaban J connectivity index is 1.80. The number of rotatable bonds is 4. The van der Waals surface area contributed by atoms with Crippen LogP contribution in [0.25, 0.3) is 0 Å². The minimum absolute atomic E-state index is 0.172. The Morgan fingerprint density at radius 3 is 2.57 bits per heavy atom. The molecular formula is C16H28ClN3O3. The molecule has 2 heterocycles. The molecule has 0 spiro atoms. The molecule has 2 saturated heterocycles. The van der Waals surface area contributed by atoms with Gasteiger partial charge in [-0.1, -0.05) is 16.8 Å². The summed E-state index contributed by atoms with van der Waals surface area (Å²) in [5, 5.41) is 4.44. The molecule has 132 valence electrons. The summed E-state index contributed by atoms with van der Waals surface area (Å²) in [6.45, 7) is 5.94. The number of oxime groups is 1. The highest BCUT2D eigenvalue weighted by Gasteiger charge is 2.29. The van der Waals surface area contributed by atoms with Crippen LogP contribution in [0.3, 0.4) is 0 Å². The van der Waals surface area contributed by atoms with Crippen molar-refractivity contribution in [2.75, 3.05) is 39.9 Å². The monoisotopic (exact) mass is 345 g/mol. The first kappa shape index (κ1) is 18.3. The average Bonchev–Trinajstić information content (AvgIpc) is 2.81. The fraction of sp³-hybridized carbons (Fsp3) is 0.875. The lowest BCUT2D eigenvalue weighted by atomic mass is 9.95. The number of carbonyl (C=O) groups is 1. The maximum absolute atomic E-state index is 11.9. The number of halogens is 1. The van der Waals surface area contributed by atoms with Gasteiger partial charge in [0, 0.05) is 25.0 Å². The molecular weight excluding hydrogens is 318 g/mol. The maximum Gasteiger partial charge on any atom is 0.409 e. The molecule has 7 heteroatoms. The quantitative estimate of drug-likeness (QED) is 0.580. The van der Waals surface area contributed by atoms with E-state index in [-0.39, 0.29) is 6.09 Å². The minimum atomic E-state index is -0.172. The Bertz CT molecular complexity index is 411. The average molecular weight is 346 g/mol. The molecule has 0 aromatic heterocycles. The second-order valence-corrected chi connectivity index (χ2v) is 6.56. The third-order valence-electron chi connectivity index (χ3n) is 4.78. The molecule has 0 aliphatic carbocycles. The number of piperidine rings is 1. The van der Waals surface area contributed by atoms with Gasteiger partial charge < -0.3 is 19.4 Å². The summed E-state index contributed by atoms with van der Waals surface area (Å²) in [5.74, 6) is 0.315. The SMILES string of the molecule is CCOC(=O)N1CCCC(N2CCC(C(Cl)=NOC)CC2)CC1. The van der Waals surface area contributed by atoms with Crippen molar-refractivity contribution >= 4 is 22.9 Å². The lowest BCUT2D eigenvalue weighted by molar-refractivity contribution is 0.105. The highest BCUT2D eigenvalue weighted by molar-refractivity contribution is 6.65. The molecule has 2 rings (SSSR count). The summed E-state index contributed by atoms with van der Waals surface area (Å²) < 4.78 is 5.11. The Morgan fingerprint density at radius 2 is 1.91 bits per heavy atom. The van der Waals surface area contributed by atoms with Gasteiger partial charge >= 0.3 is 6.09 Å². The van der Waals surface area contributed by atoms with Crippen molar-refractivity contribution in [2.45, 2.75) is 45.1 Å². The van der Waals surface area contributed by atoms with Crippen molar-refractivity contribution in [2.24, 2.45) is 11.1 Å². The van der Waals surface area contributed by atoms with Gasteiger partial charge in [0.05, 0.1) is 6.61 Å². The number of carbonyl (C=O) groups excluding carboxylic acids is 1. The number of ether oxygens (including phenoxy) is 1. The second kappa shape index (κ2) is 9.33. The predicted octanol–water partition coefficient (Wildman–Crippen LogP) is 2.91. The molecule has 6 nitrogen and oxygen atoms in total. The summed E-state index contributed by atoms with van der Waals surface area (Å²) in [7, 11) is 1.53. The molecule has 1 amide bonds. The van der Waals surface area contributed by atoms with Crippen LogP contribution >= 0.6 is 11.6 Å². The van der Waals surface area contributed by atoms with E-state index in [1.807, 2.05) is 11.8 Å². The van der Waals surface area contributed by atoms with Gasteiger partial charge in [0.2, 0.25) is 0 Å². The first-order valence-electron chi connectivity index (χ1n) is 8.58. The van der Waals surface area contributed by atoms with Gasteiger partial charge in [0.1, 0.15) is 12.3 Å². The van der Waals surface area contributed by atoms with Gasteiger partial charge in [0.15, 0.2) is 0 Å². The van der Waals surface area contributed by atoms with Crippen molar-refractivity contribution < 1.29 is 14.4 Å². The number of nitrogens with zero attached hydrogens (tertiary/aromatic N) is 3. The summed E-state index contributed by atoms with van der Waals surface area (Å²) in [5.41, 5.74) is 0. The van der Waals surface area contributed by atoms with Crippen molar-refractivity contribution in [1.29, 1.82) is 0 Å². The van der Waals surface area contributed by atoms with Crippen molar-refractivity contribution in [3.8, 4) is 0 Å². The van der Waals surface area contributed by atoms with E-state index in [1.165, 1.54) is 7.11 Å². The molecule has 0 saturated carbocycles. The van der Waals surface area contributed by atoms with Crippen LogP contribution in [0.15, 0.2) is 5.16 Å². The van der Waals surface area contributed by atoms with Crippen LogP contribution < -0.4 is 0 Å².